The monoisotopic (exact) mass is 192 g/mol. The highest BCUT2D eigenvalue weighted by Gasteiger charge is 1.99. The summed E-state index contributed by atoms with van der Waals surface area (Å²) in [5.41, 5.74) is 1.31. The lowest BCUT2D eigenvalue weighted by atomic mass is 10.1. The van der Waals surface area contributed by atoms with Gasteiger partial charge in [-0.05, 0) is 17.7 Å². The molecule has 1 N–H and O–H groups in total. The van der Waals surface area contributed by atoms with Gasteiger partial charge in [-0.25, -0.2) is 4.39 Å². The van der Waals surface area contributed by atoms with Gasteiger partial charge in [0.1, 0.15) is 0 Å². The lowest BCUT2D eigenvalue weighted by Gasteiger charge is -1.96. The van der Waals surface area contributed by atoms with Crippen LogP contribution in [0, 0.1) is 11.8 Å². The van der Waals surface area contributed by atoms with E-state index < -0.39 is 12.6 Å². The summed E-state index contributed by atoms with van der Waals surface area (Å²) in [5.74, 6) is 3.98. The third-order valence-corrected chi connectivity index (χ3v) is 1.58. The van der Waals surface area contributed by atoms with Gasteiger partial charge in [-0.2, -0.15) is 0 Å². The summed E-state index contributed by atoms with van der Waals surface area (Å²) in [5, 5.41) is 8.54. The lowest BCUT2D eigenvalue weighted by molar-refractivity contribution is -0.136. The van der Waals surface area contributed by atoms with Gasteiger partial charge in [0.2, 0.25) is 0 Å². The number of carboxylic acids is 1. The second-order valence-corrected chi connectivity index (χ2v) is 2.71. The van der Waals surface area contributed by atoms with Crippen molar-refractivity contribution in [2.75, 3.05) is 6.67 Å². The Hall–Kier alpha value is -1.82. The molecule has 0 aliphatic rings. The van der Waals surface area contributed by atoms with Crippen molar-refractivity contribution < 1.29 is 14.3 Å². The molecular weight excluding hydrogens is 183 g/mol. The van der Waals surface area contributed by atoms with E-state index in [-0.39, 0.29) is 6.42 Å². The van der Waals surface area contributed by atoms with Crippen molar-refractivity contribution >= 4 is 5.97 Å². The number of carbonyl (C=O) groups is 1. The molecule has 0 radical (unpaired) electrons. The Morgan fingerprint density at radius 1 is 1.50 bits per heavy atom. The highest BCUT2D eigenvalue weighted by Crippen LogP contribution is 2.04. The van der Waals surface area contributed by atoms with Gasteiger partial charge >= 0.3 is 5.97 Å². The average molecular weight is 192 g/mol. The number of benzene rings is 1. The van der Waals surface area contributed by atoms with Crippen LogP contribution in [0.25, 0.3) is 0 Å². The van der Waals surface area contributed by atoms with E-state index in [0.717, 1.165) is 0 Å². The van der Waals surface area contributed by atoms with E-state index in [4.69, 9.17) is 5.11 Å². The maximum atomic E-state index is 11.7. The zero-order chi connectivity index (χ0) is 10.4. The molecule has 0 spiro atoms. The van der Waals surface area contributed by atoms with Crippen molar-refractivity contribution in [2.45, 2.75) is 6.42 Å². The second kappa shape index (κ2) is 5.03. The molecule has 0 amide bonds. The van der Waals surface area contributed by atoms with Crippen LogP contribution in [0.3, 0.4) is 0 Å². The van der Waals surface area contributed by atoms with E-state index in [1.807, 2.05) is 0 Å². The first-order valence-electron chi connectivity index (χ1n) is 4.08. The number of hydrogen-bond acceptors (Lipinski definition) is 1. The van der Waals surface area contributed by atoms with Crippen LogP contribution < -0.4 is 0 Å². The molecule has 0 unspecified atom stereocenters. The van der Waals surface area contributed by atoms with Crippen molar-refractivity contribution in [1.29, 1.82) is 0 Å². The third-order valence-electron chi connectivity index (χ3n) is 1.58. The van der Waals surface area contributed by atoms with Crippen LogP contribution in [-0.2, 0) is 11.2 Å². The molecule has 1 rings (SSSR count). The summed E-state index contributed by atoms with van der Waals surface area (Å²) in [7, 11) is 0. The van der Waals surface area contributed by atoms with Gasteiger partial charge in [-0.3, -0.25) is 4.79 Å². The van der Waals surface area contributed by atoms with E-state index in [9.17, 15) is 9.18 Å². The van der Waals surface area contributed by atoms with Crippen LogP contribution in [0.4, 0.5) is 4.39 Å². The topological polar surface area (TPSA) is 37.3 Å². The first-order valence-corrected chi connectivity index (χ1v) is 4.08. The molecule has 0 aliphatic carbocycles. The van der Waals surface area contributed by atoms with Crippen molar-refractivity contribution in [3.63, 3.8) is 0 Å². The van der Waals surface area contributed by atoms with Gasteiger partial charge in [-0.15, -0.1) is 0 Å². The summed E-state index contributed by atoms with van der Waals surface area (Å²) in [6, 6.07) is 6.78. The van der Waals surface area contributed by atoms with Crippen LogP contribution in [0.2, 0.25) is 0 Å². The predicted octanol–water partition coefficient (Wildman–Crippen LogP) is 1.63. The largest absolute Gasteiger partial charge is 0.481 e. The minimum absolute atomic E-state index is 0.0366. The molecule has 0 atom stereocenters. The van der Waals surface area contributed by atoms with Crippen LogP contribution in [0.15, 0.2) is 24.3 Å². The fourth-order valence-corrected chi connectivity index (χ4v) is 1.07. The molecule has 0 aliphatic heterocycles. The fourth-order valence-electron chi connectivity index (χ4n) is 1.07. The van der Waals surface area contributed by atoms with Gasteiger partial charge in [-0.1, -0.05) is 24.0 Å². The smallest absolute Gasteiger partial charge is 0.307 e. The number of halogens is 1. The van der Waals surface area contributed by atoms with Crippen molar-refractivity contribution in [3.8, 4) is 11.8 Å². The Kier molecular flexibility index (Phi) is 3.69. The maximum Gasteiger partial charge on any atom is 0.307 e. The molecule has 0 fully saturated rings. The molecule has 2 nitrogen and oxygen atoms in total. The Balaban J connectivity index is 2.84. The minimum Gasteiger partial charge on any atom is -0.481 e. The molecule has 0 bridgehead atoms. The quantitative estimate of drug-likeness (QED) is 0.723. The van der Waals surface area contributed by atoms with E-state index >= 15 is 0 Å². The van der Waals surface area contributed by atoms with Crippen LogP contribution >= 0.6 is 0 Å². The molecule has 14 heavy (non-hydrogen) atoms. The normalized spacial score (nSPS) is 8.93. The third kappa shape index (κ3) is 3.28. The summed E-state index contributed by atoms with van der Waals surface area (Å²) in [4.78, 5) is 10.4. The zero-order valence-corrected chi connectivity index (χ0v) is 7.46. The first-order chi connectivity index (χ1) is 6.72. The molecule has 1 aromatic rings. The maximum absolute atomic E-state index is 11.7. The Labute approximate surface area is 81.4 Å². The van der Waals surface area contributed by atoms with Crippen LogP contribution in [0.1, 0.15) is 11.1 Å². The molecule has 3 heteroatoms. The van der Waals surface area contributed by atoms with Crippen molar-refractivity contribution in [1.82, 2.24) is 0 Å². The van der Waals surface area contributed by atoms with Gasteiger partial charge in [0.25, 0.3) is 0 Å². The van der Waals surface area contributed by atoms with Gasteiger partial charge < -0.3 is 5.11 Å². The molecule has 0 aromatic heterocycles. The highest BCUT2D eigenvalue weighted by atomic mass is 19.1. The summed E-state index contributed by atoms with van der Waals surface area (Å²) >= 11 is 0. The Morgan fingerprint density at radius 3 is 2.93 bits per heavy atom. The molecule has 72 valence electrons. The van der Waals surface area contributed by atoms with E-state index in [0.29, 0.717) is 11.1 Å². The standard InChI is InChI=1S/C11H9FO2/c12-6-2-5-9-3-1-4-10(7-9)8-11(13)14/h1,3-4,7H,6,8H2,(H,13,14). The summed E-state index contributed by atoms with van der Waals surface area (Å²) in [6.07, 6.45) is -0.0366. The number of hydrogen-bond donors (Lipinski definition) is 1. The SMILES string of the molecule is O=C(O)Cc1cccc(C#CCF)c1. The van der Waals surface area contributed by atoms with Crippen molar-refractivity contribution in [3.05, 3.63) is 35.4 Å². The van der Waals surface area contributed by atoms with Crippen molar-refractivity contribution in [2.24, 2.45) is 0 Å². The molecule has 0 saturated carbocycles. The Morgan fingerprint density at radius 2 is 2.29 bits per heavy atom. The second-order valence-electron chi connectivity index (χ2n) is 2.71. The van der Waals surface area contributed by atoms with E-state index in [1.165, 1.54) is 0 Å². The van der Waals surface area contributed by atoms with E-state index in [2.05, 4.69) is 11.8 Å². The van der Waals surface area contributed by atoms with Crippen LogP contribution in [0.5, 0.6) is 0 Å². The molecular formula is C11H9FO2. The number of aliphatic carboxylic acids is 1. The average Bonchev–Trinajstić information content (AvgIpc) is 2.14. The van der Waals surface area contributed by atoms with Crippen LogP contribution in [-0.4, -0.2) is 17.8 Å². The van der Waals surface area contributed by atoms with Gasteiger partial charge in [0.05, 0.1) is 6.42 Å². The number of carboxylic acid groups (broad SMARTS) is 1. The Bertz CT molecular complexity index is 388. The van der Waals surface area contributed by atoms with Gasteiger partial charge in [0, 0.05) is 5.56 Å². The van der Waals surface area contributed by atoms with Gasteiger partial charge in [0.15, 0.2) is 6.67 Å². The minimum atomic E-state index is -0.888. The zero-order valence-electron chi connectivity index (χ0n) is 7.46. The highest BCUT2D eigenvalue weighted by molar-refractivity contribution is 5.70. The lowest BCUT2D eigenvalue weighted by Crippen LogP contribution is -1.99. The summed E-state index contributed by atoms with van der Waals surface area (Å²) in [6.45, 7) is -0.691. The fraction of sp³-hybridized carbons (Fsp3) is 0.182. The molecule has 0 heterocycles. The number of alkyl halides is 1. The number of rotatable bonds is 2. The molecule has 0 saturated heterocycles. The first kappa shape index (κ1) is 10.3. The molecule has 1 aromatic carbocycles. The van der Waals surface area contributed by atoms with E-state index in [1.54, 1.807) is 24.3 Å². The summed E-state index contributed by atoms with van der Waals surface area (Å²) < 4.78 is 11.7. The predicted molar refractivity (Wildman–Crippen MR) is 50.6 cm³/mol.